The highest BCUT2D eigenvalue weighted by Crippen LogP contribution is 2.42. The second-order valence-corrected chi connectivity index (χ2v) is 13.5. The zero-order chi connectivity index (χ0) is 32.0. The van der Waals surface area contributed by atoms with E-state index in [0.717, 1.165) is 40.4 Å². The van der Waals surface area contributed by atoms with Gasteiger partial charge in [0.25, 0.3) is 0 Å². The van der Waals surface area contributed by atoms with Crippen LogP contribution >= 0.6 is 11.3 Å². The molecule has 0 saturated carbocycles. The Bertz CT molecular complexity index is 2590. The van der Waals surface area contributed by atoms with E-state index in [9.17, 15) is 0 Å². The number of hydrogen-bond donors (Lipinski definition) is 0. The topological polar surface area (TPSA) is 24.7 Å². The molecule has 7 aromatic carbocycles. The van der Waals surface area contributed by atoms with E-state index in [1.165, 1.54) is 52.8 Å². The standard InChI is InChI=1S/C45H32N2S/c1-2-29-28-40(38-17-10-18-41-42(38)39-26-25-32-12-8-9-16-37(32)44(39)48-41)46-45(34-13-4-3-5-14-34)47-43(29)33-22-19-31(20-23-33)36-24-21-30-11-6-7-15-35(30)27-36/h3-29H,2H2,1H3. The summed E-state index contributed by atoms with van der Waals surface area (Å²) >= 11 is 1.87. The molecule has 2 heterocycles. The first-order valence-corrected chi connectivity index (χ1v) is 17.4. The lowest BCUT2D eigenvalue weighted by Crippen LogP contribution is -2.15. The van der Waals surface area contributed by atoms with Gasteiger partial charge >= 0.3 is 0 Å². The van der Waals surface area contributed by atoms with Crippen LogP contribution in [0.5, 0.6) is 0 Å². The maximum absolute atomic E-state index is 5.38. The van der Waals surface area contributed by atoms with Crippen molar-refractivity contribution in [3.05, 3.63) is 174 Å². The van der Waals surface area contributed by atoms with E-state index in [1.807, 2.05) is 17.4 Å². The zero-order valence-electron chi connectivity index (χ0n) is 26.6. The maximum Gasteiger partial charge on any atom is 0.160 e. The van der Waals surface area contributed by atoms with Crippen molar-refractivity contribution in [3.63, 3.8) is 0 Å². The van der Waals surface area contributed by atoms with E-state index in [2.05, 4.69) is 159 Å². The summed E-state index contributed by atoms with van der Waals surface area (Å²) in [6, 6.07) is 54.4. The minimum absolute atomic E-state index is 0.0949. The molecule has 0 saturated heterocycles. The number of fused-ring (bicyclic) bond motifs is 6. The predicted octanol–water partition coefficient (Wildman–Crippen LogP) is 12.3. The summed E-state index contributed by atoms with van der Waals surface area (Å²) in [5.74, 6) is 0.839. The van der Waals surface area contributed by atoms with Crippen molar-refractivity contribution in [1.29, 1.82) is 0 Å². The van der Waals surface area contributed by atoms with Crippen LogP contribution in [0.2, 0.25) is 0 Å². The van der Waals surface area contributed by atoms with Gasteiger partial charge in [-0.1, -0.05) is 146 Å². The first-order chi connectivity index (χ1) is 23.7. The summed E-state index contributed by atoms with van der Waals surface area (Å²) < 4.78 is 2.60. The Kier molecular flexibility index (Phi) is 7.06. The monoisotopic (exact) mass is 632 g/mol. The Morgan fingerprint density at radius 2 is 1.25 bits per heavy atom. The van der Waals surface area contributed by atoms with E-state index < -0.39 is 0 Å². The van der Waals surface area contributed by atoms with Gasteiger partial charge in [-0.3, -0.25) is 0 Å². The summed E-state index contributed by atoms with van der Waals surface area (Å²) in [6.07, 6.45) is 3.27. The van der Waals surface area contributed by atoms with Gasteiger partial charge in [-0.15, -0.1) is 11.3 Å². The lowest BCUT2D eigenvalue weighted by atomic mass is 9.90. The Morgan fingerprint density at radius 1 is 0.542 bits per heavy atom. The van der Waals surface area contributed by atoms with Crippen LogP contribution < -0.4 is 0 Å². The number of aliphatic imine (C=N–C) groups is 2. The normalized spacial score (nSPS) is 15.0. The van der Waals surface area contributed by atoms with Crippen LogP contribution in [0, 0.1) is 5.92 Å². The molecule has 9 rings (SSSR count). The molecule has 48 heavy (non-hydrogen) atoms. The third-order valence-corrected chi connectivity index (χ3v) is 10.8. The second kappa shape index (κ2) is 11.9. The summed E-state index contributed by atoms with van der Waals surface area (Å²) in [6.45, 7) is 2.25. The molecule has 0 bridgehead atoms. The Morgan fingerprint density at radius 3 is 2.08 bits per heavy atom. The first-order valence-electron chi connectivity index (χ1n) is 16.6. The second-order valence-electron chi connectivity index (χ2n) is 12.4. The number of nitrogens with zero attached hydrogens (tertiary/aromatic N) is 2. The van der Waals surface area contributed by atoms with Crippen LogP contribution in [0.25, 0.3) is 58.5 Å². The average Bonchev–Trinajstić information content (AvgIpc) is 3.43. The van der Waals surface area contributed by atoms with Gasteiger partial charge in [0, 0.05) is 37.2 Å². The van der Waals surface area contributed by atoms with Crippen molar-refractivity contribution >= 4 is 70.3 Å². The minimum Gasteiger partial charge on any atom is -0.232 e. The van der Waals surface area contributed by atoms with E-state index in [4.69, 9.17) is 9.98 Å². The molecule has 0 radical (unpaired) electrons. The molecule has 1 aliphatic heterocycles. The highest BCUT2D eigenvalue weighted by atomic mass is 32.1. The maximum atomic E-state index is 5.38. The molecule has 0 amide bonds. The molecular formula is C45H32N2S. The van der Waals surface area contributed by atoms with Crippen molar-refractivity contribution in [2.45, 2.75) is 13.3 Å². The van der Waals surface area contributed by atoms with E-state index in [-0.39, 0.29) is 5.92 Å². The van der Waals surface area contributed by atoms with Crippen molar-refractivity contribution < 1.29 is 0 Å². The Labute approximate surface area is 284 Å². The fraction of sp³-hybridized carbons (Fsp3) is 0.0667. The van der Waals surface area contributed by atoms with Gasteiger partial charge in [-0.05, 0) is 62.9 Å². The SMILES string of the molecule is CCC1C=C(c2cccc3sc4c5ccccc5ccc4c23)N=C(c2ccccc2)N=C1c1ccc(-c2ccc3ccccc3c2)cc1. The number of amidine groups is 1. The summed E-state index contributed by atoms with van der Waals surface area (Å²) in [4.78, 5) is 10.8. The molecule has 0 aliphatic carbocycles. The highest BCUT2D eigenvalue weighted by molar-refractivity contribution is 7.26. The molecule has 0 N–H and O–H groups in total. The Balaban J connectivity index is 1.19. The zero-order valence-corrected chi connectivity index (χ0v) is 27.4. The molecule has 1 aliphatic rings. The Hall–Kier alpha value is -5.64. The molecule has 8 aromatic rings. The summed E-state index contributed by atoms with van der Waals surface area (Å²) in [5.41, 5.74) is 7.73. The molecule has 1 atom stereocenters. The average molecular weight is 633 g/mol. The number of allylic oxidation sites excluding steroid dienone is 1. The molecule has 3 heteroatoms. The van der Waals surface area contributed by atoms with Crippen LogP contribution in [-0.4, -0.2) is 11.5 Å². The number of benzene rings is 7. The summed E-state index contributed by atoms with van der Waals surface area (Å²) in [5, 5.41) is 7.63. The molecule has 0 spiro atoms. The lowest BCUT2D eigenvalue weighted by Gasteiger charge is -2.15. The highest BCUT2D eigenvalue weighted by Gasteiger charge is 2.23. The van der Waals surface area contributed by atoms with Crippen LogP contribution in [0.15, 0.2) is 168 Å². The van der Waals surface area contributed by atoms with Gasteiger partial charge in [0.1, 0.15) is 0 Å². The van der Waals surface area contributed by atoms with Crippen molar-refractivity contribution in [1.82, 2.24) is 0 Å². The van der Waals surface area contributed by atoms with Crippen LogP contribution in [0.3, 0.4) is 0 Å². The van der Waals surface area contributed by atoms with Gasteiger partial charge in [-0.25, -0.2) is 9.98 Å². The third kappa shape index (κ3) is 4.95. The van der Waals surface area contributed by atoms with E-state index in [1.54, 1.807) is 0 Å². The largest absolute Gasteiger partial charge is 0.232 e. The van der Waals surface area contributed by atoms with Crippen LogP contribution in [-0.2, 0) is 0 Å². The smallest absolute Gasteiger partial charge is 0.160 e. The number of rotatable bonds is 5. The molecule has 0 fully saturated rings. The van der Waals surface area contributed by atoms with Gasteiger partial charge in [0.05, 0.1) is 11.4 Å². The van der Waals surface area contributed by atoms with Crippen LogP contribution in [0.1, 0.15) is 30.0 Å². The molecule has 1 aromatic heterocycles. The van der Waals surface area contributed by atoms with Crippen molar-refractivity contribution in [2.24, 2.45) is 15.9 Å². The fourth-order valence-corrected chi connectivity index (χ4v) is 8.33. The number of thiophene rings is 1. The van der Waals surface area contributed by atoms with Gasteiger partial charge in [0.15, 0.2) is 5.84 Å². The van der Waals surface area contributed by atoms with Gasteiger partial charge in [-0.2, -0.15) is 0 Å². The van der Waals surface area contributed by atoms with E-state index in [0.29, 0.717) is 0 Å². The van der Waals surface area contributed by atoms with E-state index >= 15 is 0 Å². The predicted molar refractivity (Wildman–Crippen MR) is 207 cm³/mol. The molecular weight excluding hydrogens is 601 g/mol. The lowest BCUT2D eigenvalue weighted by molar-refractivity contribution is 0.819. The third-order valence-electron chi connectivity index (χ3n) is 9.56. The first kappa shape index (κ1) is 28.6. The van der Waals surface area contributed by atoms with Gasteiger partial charge in [0.2, 0.25) is 0 Å². The van der Waals surface area contributed by atoms with Crippen molar-refractivity contribution in [3.8, 4) is 11.1 Å². The quantitative estimate of drug-likeness (QED) is 0.180. The fourth-order valence-electron chi connectivity index (χ4n) is 7.07. The molecule has 2 nitrogen and oxygen atoms in total. The molecule has 1 unspecified atom stereocenters. The van der Waals surface area contributed by atoms with Crippen molar-refractivity contribution in [2.75, 3.05) is 0 Å². The van der Waals surface area contributed by atoms with Gasteiger partial charge < -0.3 is 0 Å². The summed E-state index contributed by atoms with van der Waals surface area (Å²) in [7, 11) is 0. The number of hydrogen-bond acceptors (Lipinski definition) is 3. The minimum atomic E-state index is 0.0949. The molecule has 228 valence electrons. The van der Waals surface area contributed by atoms with Crippen LogP contribution in [0.4, 0.5) is 0 Å².